The Labute approximate surface area is 336 Å². The van der Waals surface area contributed by atoms with Crippen LogP contribution in [-0.4, -0.2) is 119 Å². The zero-order valence-corrected chi connectivity index (χ0v) is 34.4. The number of ether oxygens (including phenoxy) is 2. The molecule has 1 spiro atoms. The third-order valence-corrected chi connectivity index (χ3v) is 12.9. The van der Waals surface area contributed by atoms with Gasteiger partial charge in [-0.15, -0.1) is 11.3 Å². The number of amides is 2. The molecule has 0 unspecified atom stereocenters. The van der Waals surface area contributed by atoms with Gasteiger partial charge >= 0.3 is 4.87 Å². The Bertz CT molecular complexity index is 1990. The molecule has 0 aliphatic carbocycles. The maximum atomic E-state index is 15.6. The molecule has 0 atom stereocenters. The van der Waals surface area contributed by atoms with Crippen LogP contribution in [0.1, 0.15) is 84.6 Å². The van der Waals surface area contributed by atoms with Crippen LogP contribution in [0.5, 0.6) is 5.75 Å². The number of hydrogen-bond acceptors (Lipinski definition) is 11. The number of rotatable bonds is 18. The van der Waals surface area contributed by atoms with E-state index in [9.17, 15) is 19.5 Å². The van der Waals surface area contributed by atoms with E-state index in [1.54, 1.807) is 11.0 Å². The van der Waals surface area contributed by atoms with Gasteiger partial charge in [0.15, 0.2) is 0 Å². The highest BCUT2D eigenvalue weighted by molar-refractivity contribution is 7.16. The summed E-state index contributed by atoms with van der Waals surface area (Å²) < 4.78 is 28.5. The van der Waals surface area contributed by atoms with Crippen molar-refractivity contribution in [1.29, 1.82) is 0 Å². The fraction of sp³-hybridized carbons (Fsp3) is 0.561. The number of likely N-dealkylation sites (tertiary alicyclic amines) is 1. The average molecular weight is 811 g/mol. The maximum Gasteiger partial charge on any atom is 0.305 e. The first-order valence-electron chi connectivity index (χ1n) is 19.8. The highest BCUT2D eigenvalue weighted by Crippen LogP contribution is 2.32. The van der Waals surface area contributed by atoms with Gasteiger partial charge in [-0.1, -0.05) is 49.4 Å². The fourth-order valence-electron chi connectivity index (χ4n) is 7.52. The Morgan fingerprint density at radius 2 is 1.91 bits per heavy atom. The highest BCUT2D eigenvalue weighted by atomic mass is 32.1. The number of benzene rings is 2. The molecule has 2 aliphatic rings. The number of nitrogens with one attached hydrogen (secondary N) is 2. The first-order chi connectivity index (χ1) is 27.1. The first kappa shape index (κ1) is 41.9. The number of phenols is 1. The van der Waals surface area contributed by atoms with Crippen molar-refractivity contribution in [3.05, 3.63) is 78.6 Å². The molecule has 0 bridgehead atoms. The highest BCUT2D eigenvalue weighted by Gasteiger charge is 2.41. The summed E-state index contributed by atoms with van der Waals surface area (Å²) >= 11 is 2.63. The van der Waals surface area contributed by atoms with Gasteiger partial charge < -0.3 is 34.7 Å². The number of likely N-dealkylation sites (N-methyl/N-ethyl adjacent to an activating group) is 1. The molecule has 0 radical (unpaired) electrons. The van der Waals surface area contributed by atoms with Gasteiger partial charge in [-0.3, -0.25) is 19.3 Å². The predicted octanol–water partition coefficient (Wildman–Crippen LogP) is 5.54. The fourth-order valence-corrected chi connectivity index (χ4v) is 9.22. The molecule has 2 saturated heterocycles. The average Bonchev–Trinajstić information content (AvgIpc) is 3.85. The Morgan fingerprint density at radius 3 is 2.68 bits per heavy atom. The topological polar surface area (TPSA) is 140 Å². The van der Waals surface area contributed by atoms with Crippen molar-refractivity contribution in [3.8, 4) is 5.75 Å². The number of H-pyrrole nitrogens is 1. The zero-order valence-electron chi connectivity index (χ0n) is 32.7. The monoisotopic (exact) mass is 810 g/mol. The number of fused-ring (bicyclic) bond motifs is 1. The van der Waals surface area contributed by atoms with Crippen LogP contribution in [0.4, 0.5) is 4.39 Å². The molecule has 15 heteroatoms. The van der Waals surface area contributed by atoms with Crippen molar-refractivity contribution < 1.29 is 28.6 Å². The molecule has 0 saturated carbocycles. The molecule has 2 amide bonds. The number of aryl methyl sites for hydroxylation is 1. The maximum absolute atomic E-state index is 15.6. The zero-order chi connectivity index (χ0) is 39.7. The van der Waals surface area contributed by atoms with Crippen molar-refractivity contribution in [3.63, 3.8) is 0 Å². The first-order valence-corrected chi connectivity index (χ1v) is 21.5. The molecule has 4 aromatic rings. The number of carbonyl (C=O) groups excluding carboxylic acids is 2. The minimum absolute atomic E-state index is 0.0270. The van der Waals surface area contributed by atoms with Crippen LogP contribution < -0.4 is 10.2 Å². The minimum atomic E-state index is -0.378. The minimum Gasteiger partial charge on any atom is -0.506 e. The number of nitrogens with zero attached hydrogens (tertiary/aromatic N) is 4. The second-order valence-electron chi connectivity index (χ2n) is 15.1. The number of aromatic nitrogens is 2. The van der Waals surface area contributed by atoms with Crippen molar-refractivity contribution in [2.75, 3.05) is 72.2 Å². The largest absolute Gasteiger partial charge is 0.506 e. The van der Waals surface area contributed by atoms with E-state index < -0.39 is 0 Å². The number of piperidine rings is 1. The van der Waals surface area contributed by atoms with Crippen molar-refractivity contribution in [1.82, 2.24) is 30.0 Å². The molecular weight excluding hydrogens is 756 g/mol. The summed E-state index contributed by atoms with van der Waals surface area (Å²) in [5, 5.41) is 16.2. The summed E-state index contributed by atoms with van der Waals surface area (Å²) in [6.45, 7) is 13.1. The van der Waals surface area contributed by atoms with Crippen LogP contribution in [0.2, 0.25) is 0 Å². The molecule has 6 rings (SSSR count). The lowest BCUT2D eigenvalue weighted by atomic mass is 9.89. The number of halogens is 1. The molecule has 3 N–H and O–H groups in total. The molecule has 4 heterocycles. The van der Waals surface area contributed by atoms with Crippen LogP contribution in [0.15, 0.2) is 40.5 Å². The Morgan fingerprint density at radius 1 is 1.11 bits per heavy atom. The number of aromatic hydroxyl groups is 1. The third kappa shape index (κ3) is 10.6. The van der Waals surface area contributed by atoms with E-state index in [0.29, 0.717) is 113 Å². The summed E-state index contributed by atoms with van der Waals surface area (Å²) in [7, 11) is 0. The molecule has 2 fully saturated rings. The van der Waals surface area contributed by atoms with Crippen LogP contribution in [0.25, 0.3) is 10.2 Å². The van der Waals surface area contributed by atoms with E-state index in [-0.39, 0.29) is 40.3 Å². The van der Waals surface area contributed by atoms with Gasteiger partial charge in [0.2, 0.25) is 5.91 Å². The lowest BCUT2D eigenvalue weighted by Gasteiger charge is -2.47. The Kier molecular flexibility index (Phi) is 14.7. The number of thiazole rings is 2. The van der Waals surface area contributed by atoms with Gasteiger partial charge in [-0.25, -0.2) is 9.37 Å². The van der Waals surface area contributed by atoms with Gasteiger partial charge in [-0.05, 0) is 62.8 Å². The van der Waals surface area contributed by atoms with E-state index in [1.165, 1.54) is 11.3 Å². The molecule has 56 heavy (non-hydrogen) atoms. The van der Waals surface area contributed by atoms with Gasteiger partial charge in [0.25, 0.3) is 5.91 Å². The molecule has 304 valence electrons. The van der Waals surface area contributed by atoms with Crippen molar-refractivity contribution in [2.24, 2.45) is 0 Å². The van der Waals surface area contributed by atoms with E-state index in [2.05, 4.69) is 34.0 Å². The summed E-state index contributed by atoms with van der Waals surface area (Å²) in [5.74, 6) is 0.205. The van der Waals surface area contributed by atoms with Gasteiger partial charge in [-0.2, -0.15) is 0 Å². The standard InChI is InChI=1S/C41H55FN6O6S2/c1-4-47(20-17-43-16-12-30-10-11-33(49)36-37(30)56-40(52)45-36)34(50)13-23-53-22-6-9-29-7-5-8-31(35(29)42)25-46-18-14-41(15-19-46)27-48(21-24-54-41)39(51)32-26-55-38(44-32)28(2)3/h5,7-8,10-11,26,28,43,49H,4,6,9,12-25,27H2,1-3H3,(H,45,52). The number of morpholine rings is 1. The summed E-state index contributed by atoms with van der Waals surface area (Å²) in [6, 6.07) is 9.05. The molecule has 2 aliphatic heterocycles. The predicted molar refractivity (Wildman–Crippen MR) is 218 cm³/mol. The van der Waals surface area contributed by atoms with E-state index in [0.717, 1.165) is 52.5 Å². The lowest BCUT2D eigenvalue weighted by molar-refractivity contribution is -0.132. The van der Waals surface area contributed by atoms with Gasteiger partial charge in [0.05, 0.1) is 41.5 Å². The molecular formula is C41H55FN6O6S2. The van der Waals surface area contributed by atoms with Crippen LogP contribution >= 0.6 is 22.7 Å². The molecule has 12 nitrogen and oxygen atoms in total. The normalized spacial score (nSPS) is 16.0. The summed E-state index contributed by atoms with van der Waals surface area (Å²) in [5.41, 5.74) is 2.97. The van der Waals surface area contributed by atoms with E-state index in [4.69, 9.17) is 9.47 Å². The quantitative estimate of drug-likeness (QED) is 0.111. The van der Waals surface area contributed by atoms with Gasteiger partial charge in [0, 0.05) is 69.3 Å². The second-order valence-corrected chi connectivity index (χ2v) is 16.9. The van der Waals surface area contributed by atoms with E-state index in [1.807, 2.05) is 41.5 Å². The number of carbonyl (C=O) groups is 2. The second kappa shape index (κ2) is 19.6. The van der Waals surface area contributed by atoms with Gasteiger partial charge in [0.1, 0.15) is 22.8 Å². The van der Waals surface area contributed by atoms with E-state index >= 15 is 4.39 Å². The molecule has 2 aromatic carbocycles. The number of phenolic OH excluding ortho intramolecular Hbond substituents is 1. The summed E-state index contributed by atoms with van der Waals surface area (Å²) in [6.07, 6.45) is 3.76. The third-order valence-electron chi connectivity index (χ3n) is 10.8. The Balaban J connectivity index is 0.860. The molecule has 2 aromatic heterocycles. The van der Waals surface area contributed by atoms with Crippen LogP contribution in [0.3, 0.4) is 0 Å². The number of hydrogen-bond donors (Lipinski definition) is 3. The lowest BCUT2D eigenvalue weighted by Crippen LogP contribution is -2.58. The van der Waals surface area contributed by atoms with Crippen molar-refractivity contribution in [2.45, 2.75) is 77.4 Å². The smallest absolute Gasteiger partial charge is 0.305 e. The SMILES string of the molecule is CCN(CCNCCc1ccc(O)c2[nH]c(=O)sc12)C(=O)CCOCCCc1cccc(CN2CCC3(CC2)CN(C(=O)c2csc(C(C)C)n2)CCO3)c1F. The number of aromatic amines is 1. The Hall–Kier alpha value is -3.73. The van der Waals surface area contributed by atoms with Crippen molar-refractivity contribution >= 4 is 44.7 Å². The van der Waals surface area contributed by atoms with Crippen LogP contribution in [-0.2, 0) is 33.7 Å². The van der Waals surface area contributed by atoms with Crippen LogP contribution in [0, 0.1) is 5.82 Å². The summed E-state index contributed by atoms with van der Waals surface area (Å²) in [4.78, 5) is 50.9.